The maximum Gasteiger partial charge on any atom is 0.329 e. The molecule has 31 heavy (non-hydrogen) atoms. The SMILES string of the molecule is CC(=O)Nc1ccc(NC(=O)COC(=O)[C@@H](C)N2C(=O)[C@@H]3[C@H](C2=O)[C@H]2C=C[C@H]3C2)cc1. The van der Waals surface area contributed by atoms with Crippen LogP contribution in [0.4, 0.5) is 11.4 Å². The lowest BCUT2D eigenvalue weighted by Crippen LogP contribution is -2.45. The van der Waals surface area contributed by atoms with E-state index < -0.39 is 24.5 Å². The van der Waals surface area contributed by atoms with Gasteiger partial charge in [0.05, 0.1) is 11.8 Å². The number of ether oxygens (including phenoxy) is 1. The summed E-state index contributed by atoms with van der Waals surface area (Å²) in [4.78, 5) is 62.1. The number of carbonyl (C=O) groups excluding carboxylic acids is 5. The molecule has 0 aromatic heterocycles. The maximum absolute atomic E-state index is 12.8. The summed E-state index contributed by atoms with van der Waals surface area (Å²) in [6, 6.07) is 5.34. The number of rotatable bonds is 6. The van der Waals surface area contributed by atoms with Crippen LogP contribution in [0, 0.1) is 23.7 Å². The van der Waals surface area contributed by atoms with E-state index in [2.05, 4.69) is 10.6 Å². The molecule has 2 aliphatic carbocycles. The first-order valence-corrected chi connectivity index (χ1v) is 10.2. The van der Waals surface area contributed by atoms with E-state index in [1.54, 1.807) is 24.3 Å². The smallest absolute Gasteiger partial charge is 0.329 e. The summed E-state index contributed by atoms with van der Waals surface area (Å²) in [5.74, 6) is -2.91. The van der Waals surface area contributed by atoms with E-state index in [0.29, 0.717) is 11.4 Å². The van der Waals surface area contributed by atoms with Crippen molar-refractivity contribution in [3.8, 4) is 0 Å². The Morgan fingerprint density at radius 3 is 2.03 bits per heavy atom. The number of nitrogens with zero attached hydrogens (tertiary/aromatic N) is 1. The average molecular weight is 425 g/mol. The molecular weight excluding hydrogens is 402 g/mol. The molecule has 9 heteroatoms. The molecule has 2 bridgehead atoms. The van der Waals surface area contributed by atoms with Crippen molar-refractivity contribution in [3.63, 3.8) is 0 Å². The molecule has 2 N–H and O–H groups in total. The van der Waals surface area contributed by atoms with Gasteiger partial charge in [0.2, 0.25) is 17.7 Å². The summed E-state index contributed by atoms with van der Waals surface area (Å²) < 4.78 is 5.04. The minimum absolute atomic E-state index is 0.0579. The normalized spacial score (nSPS) is 26.6. The fourth-order valence-electron chi connectivity index (χ4n) is 4.71. The molecule has 162 valence electrons. The lowest BCUT2D eigenvalue weighted by atomic mass is 9.85. The van der Waals surface area contributed by atoms with Gasteiger partial charge in [0.15, 0.2) is 6.61 Å². The minimum Gasteiger partial charge on any atom is -0.454 e. The van der Waals surface area contributed by atoms with Crippen LogP contribution < -0.4 is 10.6 Å². The van der Waals surface area contributed by atoms with Crippen molar-refractivity contribution in [2.24, 2.45) is 23.7 Å². The van der Waals surface area contributed by atoms with Gasteiger partial charge < -0.3 is 15.4 Å². The molecule has 0 spiro atoms. The van der Waals surface area contributed by atoms with Crippen LogP contribution in [0.3, 0.4) is 0 Å². The number of fused-ring (bicyclic) bond motifs is 5. The second kappa shape index (κ2) is 7.98. The first kappa shape index (κ1) is 20.8. The fourth-order valence-corrected chi connectivity index (χ4v) is 4.71. The number of nitrogens with one attached hydrogen (secondary N) is 2. The Kier molecular flexibility index (Phi) is 5.34. The molecule has 4 rings (SSSR count). The Labute approximate surface area is 178 Å². The largest absolute Gasteiger partial charge is 0.454 e. The molecule has 1 aromatic carbocycles. The van der Waals surface area contributed by atoms with Crippen LogP contribution in [-0.4, -0.2) is 47.1 Å². The van der Waals surface area contributed by atoms with Gasteiger partial charge in [-0.05, 0) is 49.4 Å². The molecule has 4 amide bonds. The predicted molar refractivity (Wildman–Crippen MR) is 109 cm³/mol. The lowest BCUT2D eigenvalue weighted by Gasteiger charge is -2.23. The summed E-state index contributed by atoms with van der Waals surface area (Å²) in [6.45, 7) is 2.28. The highest BCUT2D eigenvalue weighted by Gasteiger charge is 2.60. The molecule has 1 aliphatic heterocycles. The van der Waals surface area contributed by atoms with Crippen molar-refractivity contribution in [3.05, 3.63) is 36.4 Å². The van der Waals surface area contributed by atoms with Crippen LogP contribution in [0.25, 0.3) is 0 Å². The van der Waals surface area contributed by atoms with E-state index in [-0.39, 0.29) is 41.4 Å². The van der Waals surface area contributed by atoms with Crippen molar-refractivity contribution >= 4 is 41.0 Å². The number of likely N-dealkylation sites (tertiary alicyclic amines) is 1. The van der Waals surface area contributed by atoms with Gasteiger partial charge in [0.25, 0.3) is 5.91 Å². The first-order valence-electron chi connectivity index (χ1n) is 10.2. The molecule has 0 radical (unpaired) electrons. The average Bonchev–Trinajstić information content (AvgIpc) is 3.40. The Morgan fingerprint density at radius 1 is 1.00 bits per heavy atom. The Hall–Kier alpha value is -3.49. The molecule has 9 nitrogen and oxygen atoms in total. The fraction of sp³-hybridized carbons (Fsp3) is 0.409. The summed E-state index contributed by atoms with van der Waals surface area (Å²) in [6.07, 6.45) is 4.78. The van der Waals surface area contributed by atoms with Gasteiger partial charge in [-0.2, -0.15) is 0 Å². The zero-order valence-electron chi connectivity index (χ0n) is 17.2. The number of anilines is 2. The highest BCUT2D eigenvalue weighted by Crippen LogP contribution is 2.52. The third kappa shape index (κ3) is 3.83. The standard InChI is InChI=1S/C22H23N3O6/c1-11(25-20(28)18-13-3-4-14(9-13)19(18)21(25)29)22(30)31-10-17(27)24-16-7-5-15(6-8-16)23-12(2)26/h3-8,11,13-14,18-19H,9-10H2,1-2H3,(H,23,26)(H,24,27)/t11-,13+,14+,18-,19+/m1/s1. The number of hydrogen-bond acceptors (Lipinski definition) is 6. The molecule has 1 saturated heterocycles. The van der Waals surface area contributed by atoms with Gasteiger partial charge in [0, 0.05) is 18.3 Å². The number of hydrogen-bond donors (Lipinski definition) is 2. The van der Waals surface area contributed by atoms with Crippen molar-refractivity contribution in [1.82, 2.24) is 4.90 Å². The van der Waals surface area contributed by atoms with E-state index >= 15 is 0 Å². The van der Waals surface area contributed by atoms with Gasteiger partial charge in [-0.1, -0.05) is 12.2 Å². The van der Waals surface area contributed by atoms with Gasteiger partial charge in [0.1, 0.15) is 6.04 Å². The highest BCUT2D eigenvalue weighted by molar-refractivity contribution is 6.09. The Morgan fingerprint density at radius 2 is 1.52 bits per heavy atom. The third-order valence-corrected chi connectivity index (χ3v) is 6.07. The molecule has 3 aliphatic rings. The third-order valence-electron chi connectivity index (χ3n) is 6.07. The number of esters is 1. The van der Waals surface area contributed by atoms with Gasteiger partial charge in [-0.3, -0.25) is 24.1 Å². The minimum atomic E-state index is -1.09. The summed E-state index contributed by atoms with van der Waals surface area (Å²) in [5.41, 5.74) is 1.04. The number of carbonyl (C=O) groups is 5. The molecule has 1 saturated carbocycles. The van der Waals surface area contributed by atoms with Crippen molar-refractivity contribution < 1.29 is 28.7 Å². The van der Waals surface area contributed by atoms with E-state index in [4.69, 9.17) is 4.74 Å². The Bertz CT molecular complexity index is 955. The summed E-state index contributed by atoms with van der Waals surface area (Å²) in [5, 5.41) is 5.18. The topological polar surface area (TPSA) is 122 Å². The zero-order valence-corrected chi connectivity index (χ0v) is 17.2. The number of imide groups is 1. The van der Waals surface area contributed by atoms with Gasteiger partial charge in [-0.15, -0.1) is 0 Å². The molecule has 1 aromatic rings. The molecule has 1 heterocycles. The van der Waals surface area contributed by atoms with Crippen LogP contribution in [0.15, 0.2) is 36.4 Å². The van der Waals surface area contributed by atoms with E-state index in [1.807, 2.05) is 12.2 Å². The van der Waals surface area contributed by atoms with Gasteiger partial charge >= 0.3 is 5.97 Å². The number of amides is 4. The van der Waals surface area contributed by atoms with E-state index in [1.165, 1.54) is 13.8 Å². The number of allylic oxidation sites excluding steroid dienone is 2. The monoisotopic (exact) mass is 425 g/mol. The molecule has 0 unspecified atom stereocenters. The van der Waals surface area contributed by atoms with Crippen LogP contribution in [0.1, 0.15) is 20.3 Å². The van der Waals surface area contributed by atoms with Crippen LogP contribution in [0.2, 0.25) is 0 Å². The second-order valence-corrected chi connectivity index (χ2v) is 8.14. The predicted octanol–water partition coefficient (Wildman–Crippen LogP) is 1.32. The van der Waals surface area contributed by atoms with E-state index in [0.717, 1.165) is 11.3 Å². The quantitative estimate of drug-likeness (QED) is 0.403. The zero-order chi connectivity index (χ0) is 22.3. The van der Waals surface area contributed by atoms with Crippen molar-refractivity contribution in [1.29, 1.82) is 0 Å². The van der Waals surface area contributed by atoms with Gasteiger partial charge in [-0.25, -0.2) is 4.79 Å². The van der Waals surface area contributed by atoms with Crippen LogP contribution in [-0.2, 0) is 28.7 Å². The van der Waals surface area contributed by atoms with Crippen molar-refractivity contribution in [2.75, 3.05) is 17.2 Å². The lowest BCUT2D eigenvalue weighted by molar-refractivity contribution is -0.159. The molecular formula is C22H23N3O6. The summed E-state index contributed by atoms with van der Waals surface area (Å²) >= 11 is 0. The Balaban J connectivity index is 1.29. The second-order valence-electron chi connectivity index (χ2n) is 8.14. The molecule has 5 atom stereocenters. The summed E-state index contributed by atoms with van der Waals surface area (Å²) in [7, 11) is 0. The van der Waals surface area contributed by atoms with Crippen LogP contribution >= 0.6 is 0 Å². The van der Waals surface area contributed by atoms with Crippen LogP contribution in [0.5, 0.6) is 0 Å². The van der Waals surface area contributed by atoms with Crippen molar-refractivity contribution in [2.45, 2.75) is 26.3 Å². The molecule has 2 fully saturated rings. The number of benzene rings is 1. The maximum atomic E-state index is 12.8. The highest BCUT2D eigenvalue weighted by atomic mass is 16.5. The van der Waals surface area contributed by atoms with E-state index in [9.17, 15) is 24.0 Å². The first-order chi connectivity index (χ1) is 14.8.